The Morgan fingerprint density at radius 2 is 2.10 bits per heavy atom. The molecule has 0 unspecified atom stereocenters. The quantitative estimate of drug-likeness (QED) is 0.788. The average molecular weight is 309 g/mol. The van der Waals surface area contributed by atoms with Crippen molar-refractivity contribution >= 4 is 23.0 Å². The largest absolute Gasteiger partial charge is 0.481 e. The Bertz CT molecular complexity index is 458. The summed E-state index contributed by atoms with van der Waals surface area (Å²) in [6.07, 6.45) is 7.44. The van der Waals surface area contributed by atoms with Crippen molar-refractivity contribution in [3.8, 4) is 5.88 Å². The van der Waals surface area contributed by atoms with Crippen LogP contribution in [-0.2, 0) is 4.74 Å². The average Bonchev–Trinajstić information content (AvgIpc) is 2.94. The van der Waals surface area contributed by atoms with Crippen LogP contribution in [0.1, 0.15) is 32.1 Å². The molecule has 1 heterocycles. The van der Waals surface area contributed by atoms with Gasteiger partial charge in [-0.1, -0.05) is 12.8 Å². The van der Waals surface area contributed by atoms with Gasteiger partial charge in [-0.05, 0) is 37.5 Å². The fourth-order valence-corrected chi connectivity index (χ4v) is 3.10. The van der Waals surface area contributed by atoms with Gasteiger partial charge in [0.2, 0.25) is 5.88 Å². The molecule has 116 valence electrons. The Labute approximate surface area is 131 Å². The molecule has 1 aromatic heterocycles. The molecule has 1 saturated carbocycles. The fourth-order valence-electron chi connectivity index (χ4n) is 2.76. The van der Waals surface area contributed by atoms with E-state index >= 15 is 0 Å². The van der Waals surface area contributed by atoms with Crippen molar-refractivity contribution in [1.29, 1.82) is 0 Å². The molecule has 0 saturated heterocycles. The molecule has 0 atom stereocenters. The van der Waals surface area contributed by atoms with Crippen molar-refractivity contribution in [3.05, 3.63) is 18.3 Å². The monoisotopic (exact) mass is 309 g/mol. The lowest BCUT2D eigenvalue weighted by Gasteiger charge is -2.31. The Morgan fingerprint density at radius 1 is 1.33 bits per heavy atom. The Hall–Kier alpha value is -1.40. The molecule has 0 aromatic carbocycles. The van der Waals surface area contributed by atoms with Crippen LogP contribution in [0.3, 0.4) is 0 Å². The van der Waals surface area contributed by atoms with E-state index in [4.69, 9.17) is 21.7 Å². The molecule has 2 rings (SSSR count). The van der Waals surface area contributed by atoms with Crippen LogP contribution < -0.4 is 15.4 Å². The number of thiocarbonyl (C=S) groups is 1. The summed E-state index contributed by atoms with van der Waals surface area (Å²) in [7, 11) is 3.34. The molecule has 21 heavy (non-hydrogen) atoms. The summed E-state index contributed by atoms with van der Waals surface area (Å²) in [6, 6.07) is 3.71. The lowest BCUT2D eigenvalue weighted by atomic mass is 9.94. The molecule has 0 spiro atoms. The zero-order chi connectivity index (χ0) is 15.1. The maximum atomic E-state index is 5.43. The van der Waals surface area contributed by atoms with Crippen LogP contribution in [0.2, 0.25) is 0 Å². The first kappa shape index (κ1) is 16.0. The third kappa shape index (κ3) is 4.54. The van der Waals surface area contributed by atoms with Crippen LogP contribution in [0.25, 0.3) is 0 Å². The van der Waals surface area contributed by atoms with E-state index in [-0.39, 0.29) is 5.54 Å². The van der Waals surface area contributed by atoms with Crippen LogP contribution in [0, 0.1) is 0 Å². The number of hydrogen-bond acceptors (Lipinski definition) is 4. The van der Waals surface area contributed by atoms with Gasteiger partial charge in [0.05, 0.1) is 19.0 Å². The van der Waals surface area contributed by atoms with E-state index in [1.54, 1.807) is 26.5 Å². The van der Waals surface area contributed by atoms with Gasteiger partial charge in [0, 0.05) is 25.3 Å². The van der Waals surface area contributed by atoms with Crippen molar-refractivity contribution in [2.24, 2.45) is 0 Å². The summed E-state index contributed by atoms with van der Waals surface area (Å²) in [5, 5.41) is 7.31. The van der Waals surface area contributed by atoms with E-state index in [2.05, 4.69) is 15.6 Å². The molecule has 6 heteroatoms. The lowest BCUT2D eigenvalue weighted by Crippen LogP contribution is -2.48. The first-order chi connectivity index (χ1) is 10.2. The third-order valence-electron chi connectivity index (χ3n) is 3.93. The minimum Gasteiger partial charge on any atom is -0.481 e. The lowest BCUT2D eigenvalue weighted by molar-refractivity contribution is 0.163. The molecule has 2 N–H and O–H groups in total. The van der Waals surface area contributed by atoms with Crippen molar-refractivity contribution in [1.82, 2.24) is 10.3 Å². The van der Waals surface area contributed by atoms with Crippen LogP contribution in [0.5, 0.6) is 5.88 Å². The predicted molar refractivity (Wildman–Crippen MR) is 87.8 cm³/mol. The highest BCUT2D eigenvalue weighted by molar-refractivity contribution is 7.80. The third-order valence-corrected chi connectivity index (χ3v) is 4.13. The summed E-state index contributed by atoms with van der Waals surface area (Å²) >= 11 is 5.43. The normalized spacial score (nSPS) is 16.5. The standard InChI is InChI=1S/C15H23N3O2S/c1-19-10-9-15(7-3-4-8-15)18-14(21)17-12-5-6-13(20-2)16-11-12/h5-6,11H,3-4,7-10H2,1-2H3,(H2,17,18,21). The number of nitrogens with zero attached hydrogens (tertiary/aromatic N) is 1. The summed E-state index contributed by atoms with van der Waals surface area (Å²) < 4.78 is 10.3. The highest BCUT2D eigenvalue weighted by atomic mass is 32.1. The summed E-state index contributed by atoms with van der Waals surface area (Å²) in [5.74, 6) is 0.590. The molecule has 5 nitrogen and oxygen atoms in total. The first-order valence-electron chi connectivity index (χ1n) is 7.26. The minimum absolute atomic E-state index is 0.0694. The number of anilines is 1. The number of aromatic nitrogens is 1. The molecule has 1 aliphatic rings. The van der Waals surface area contributed by atoms with Crippen LogP contribution in [0.4, 0.5) is 5.69 Å². The van der Waals surface area contributed by atoms with Crippen molar-refractivity contribution in [2.45, 2.75) is 37.6 Å². The fraction of sp³-hybridized carbons (Fsp3) is 0.600. The van der Waals surface area contributed by atoms with E-state index in [0.29, 0.717) is 11.0 Å². The molecular weight excluding hydrogens is 286 g/mol. The second-order valence-corrected chi connectivity index (χ2v) is 5.81. The van der Waals surface area contributed by atoms with Gasteiger partial charge in [-0.2, -0.15) is 0 Å². The molecular formula is C15H23N3O2S. The molecule has 0 amide bonds. The van der Waals surface area contributed by atoms with Crippen molar-refractivity contribution < 1.29 is 9.47 Å². The maximum Gasteiger partial charge on any atom is 0.213 e. The van der Waals surface area contributed by atoms with Gasteiger partial charge in [-0.3, -0.25) is 0 Å². The zero-order valence-corrected chi connectivity index (χ0v) is 13.5. The Kier molecular flexibility index (Phi) is 5.76. The number of ether oxygens (including phenoxy) is 2. The van der Waals surface area contributed by atoms with E-state index in [1.165, 1.54) is 12.8 Å². The van der Waals surface area contributed by atoms with E-state index in [0.717, 1.165) is 31.6 Å². The van der Waals surface area contributed by atoms with Gasteiger partial charge in [0.25, 0.3) is 0 Å². The number of hydrogen-bond donors (Lipinski definition) is 2. The van der Waals surface area contributed by atoms with E-state index < -0.39 is 0 Å². The van der Waals surface area contributed by atoms with Crippen LogP contribution in [-0.4, -0.2) is 36.5 Å². The van der Waals surface area contributed by atoms with Gasteiger partial charge in [-0.15, -0.1) is 0 Å². The van der Waals surface area contributed by atoms with E-state index in [9.17, 15) is 0 Å². The Morgan fingerprint density at radius 3 is 2.67 bits per heavy atom. The molecule has 0 aliphatic heterocycles. The molecule has 1 aromatic rings. The Balaban J connectivity index is 1.92. The molecule has 1 aliphatic carbocycles. The SMILES string of the molecule is COCCC1(NC(=S)Nc2ccc(OC)nc2)CCCC1. The number of nitrogens with one attached hydrogen (secondary N) is 2. The first-order valence-corrected chi connectivity index (χ1v) is 7.66. The number of pyridine rings is 1. The highest BCUT2D eigenvalue weighted by Crippen LogP contribution is 2.32. The molecule has 1 fully saturated rings. The van der Waals surface area contributed by atoms with Gasteiger partial charge >= 0.3 is 0 Å². The highest BCUT2D eigenvalue weighted by Gasteiger charge is 2.33. The summed E-state index contributed by atoms with van der Waals surface area (Å²) in [4.78, 5) is 4.16. The number of methoxy groups -OCH3 is 2. The predicted octanol–water partition coefficient (Wildman–Crippen LogP) is 2.73. The second kappa shape index (κ2) is 7.56. The van der Waals surface area contributed by atoms with Crippen LogP contribution >= 0.6 is 12.2 Å². The van der Waals surface area contributed by atoms with Gasteiger partial charge in [-0.25, -0.2) is 4.98 Å². The second-order valence-electron chi connectivity index (χ2n) is 5.40. The topological polar surface area (TPSA) is 55.4 Å². The van der Waals surface area contributed by atoms with E-state index in [1.807, 2.05) is 6.07 Å². The smallest absolute Gasteiger partial charge is 0.213 e. The number of rotatable bonds is 6. The van der Waals surface area contributed by atoms with Gasteiger partial charge in [0.1, 0.15) is 0 Å². The molecule has 0 bridgehead atoms. The van der Waals surface area contributed by atoms with Crippen LogP contribution in [0.15, 0.2) is 18.3 Å². The summed E-state index contributed by atoms with van der Waals surface area (Å²) in [5.41, 5.74) is 0.924. The zero-order valence-electron chi connectivity index (χ0n) is 12.6. The van der Waals surface area contributed by atoms with Crippen molar-refractivity contribution in [3.63, 3.8) is 0 Å². The molecule has 0 radical (unpaired) electrons. The maximum absolute atomic E-state index is 5.43. The summed E-state index contributed by atoms with van der Waals surface area (Å²) in [6.45, 7) is 0.750. The minimum atomic E-state index is 0.0694. The van der Waals surface area contributed by atoms with Gasteiger partial charge < -0.3 is 20.1 Å². The van der Waals surface area contributed by atoms with Crippen molar-refractivity contribution in [2.75, 3.05) is 26.1 Å². The van der Waals surface area contributed by atoms with Gasteiger partial charge in [0.15, 0.2) is 5.11 Å².